The van der Waals surface area contributed by atoms with Gasteiger partial charge in [-0.3, -0.25) is 0 Å². The maximum atomic E-state index is 14.3. The molecule has 1 N–H and O–H groups in total. The molecule has 1 unspecified atom stereocenters. The Morgan fingerprint density at radius 3 is 1.88 bits per heavy atom. The van der Waals surface area contributed by atoms with Crippen molar-refractivity contribution in [2.45, 2.75) is 17.7 Å². The summed E-state index contributed by atoms with van der Waals surface area (Å²) in [5, 5.41) is 10.7. The molecule has 1 atom stereocenters. The molecule has 0 fully saturated rings. The lowest BCUT2D eigenvalue weighted by Crippen LogP contribution is -2.55. The molecular weight excluding hydrogens is 409 g/mol. The molecule has 0 spiro atoms. The van der Waals surface area contributed by atoms with Gasteiger partial charge in [-0.15, -0.1) is 0 Å². The lowest BCUT2D eigenvalue weighted by Gasteiger charge is -2.37. The van der Waals surface area contributed by atoms with Crippen molar-refractivity contribution in [1.82, 2.24) is 0 Å². The number of aliphatic hydroxyl groups is 1. The summed E-state index contributed by atoms with van der Waals surface area (Å²) in [6, 6.07) is 9.68. The van der Waals surface area contributed by atoms with Gasteiger partial charge in [0, 0.05) is 24.3 Å². The minimum atomic E-state index is -5.94. The fourth-order valence-electron chi connectivity index (χ4n) is 2.45. The summed E-state index contributed by atoms with van der Waals surface area (Å²) >= 11 is 3.03. The quantitative estimate of drug-likeness (QED) is 0.703. The Hall–Kier alpha value is -1.67. The molecular formula is C17H15BrF5NO. The van der Waals surface area contributed by atoms with Gasteiger partial charge in [0.25, 0.3) is 0 Å². The van der Waals surface area contributed by atoms with Crippen LogP contribution in [-0.2, 0) is 5.60 Å². The molecule has 2 nitrogen and oxygen atoms in total. The zero-order valence-corrected chi connectivity index (χ0v) is 14.9. The van der Waals surface area contributed by atoms with E-state index in [1.165, 1.54) is 24.3 Å². The van der Waals surface area contributed by atoms with E-state index in [1.54, 1.807) is 19.0 Å². The molecule has 0 aliphatic heterocycles. The topological polar surface area (TPSA) is 23.5 Å². The Bertz CT molecular complexity index is 745. The molecule has 2 rings (SSSR count). The van der Waals surface area contributed by atoms with Crippen LogP contribution in [0.15, 0.2) is 53.0 Å². The third-order valence-electron chi connectivity index (χ3n) is 3.85. The summed E-state index contributed by atoms with van der Waals surface area (Å²) in [6.07, 6.45) is -5.94. The van der Waals surface area contributed by atoms with Gasteiger partial charge in [-0.05, 0) is 35.4 Å². The SMILES string of the molecule is CN(C)c1ccc(C(O)(c2cccc(Br)c2)C(F)(F)C(F)(F)F)cc1. The molecule has 2 aromatic carbocycles. The first-order valence-corrected chi connectivity index (χ1v) is 7.91. The Morgan fingerprint density at radius 2 is 1.44 bits per heavy atom. The smallest absolute Gasteiger partial charge is 0.378 e. The summed E-state index contributed by atoms with van der Waals surface area (Å²) in [4.78, 5) is 1.66. The molecule has 136 valence electrons. The fourth-order valence-corrected chi connectivity index (χ4v) is 2.85. The minimum absolute atomic E-state index is 0.270. The summed E-state index contributed by atoms with van der Waals surface area (Å²) < 4.78 is 68.2. The molecule has 25 heavy (non-hydrogen) atoms. The molecule has 0 amide bonds. The van der Waals surface area contributed by atoms with Crippen LogP contribution >= 0.6 is 15.9 Å². The molecule has 0 bridgehead atoms. The molecule has 0 saturated carbocycles. The van der Waals surface area contributed by atoms with Crippen molar-refractivity contribution in [3.63, 3.8) is 0 Å². The molecule has 2 aromatic rings. The largest absolute Gasteiger partial charge is 0.457 e. The number of alkyl halides is 5. The number of hydrogen-bond acceptors (Lipinski definition) is 2. The molecule has 0 aromatic heterocycles. The van der Waals surface area contributed by atoms with Gasteiger partial charge in [-0.25, -0.2) is 0 Å². The average molecular weight is 424 g/mol. The van der Waals surface area contributed by atoms with Crippen molar-refractivity contribution in [1.29, 1.82) is 0 Å². The van der Waals surface area contributed by atoms with Gasteiger partial charge in [0.05, 0.1) is 0 Å². The van der Waals surface area contributed by atoms with Gasteiger partial charge in [0.1, 0.15) is 0 Å². The van der Waals surface area contributed by atoms with Gasteiger partial charge in [-0.2, -0.15) is 22.0 Å². The third-order valence-corrected chi connectivity index (χ3v) is 4.35. The van der Waals surface area contributed by atoms with E-state index in [4.69, 9.17) is 0 Å². The second kappa shape index (κ2) is 6.57. The Labute approximate surface area is 150 Å². The van der Waals surface area contributed by atoms with Gasteiger partial charge in [0.15, 0.2) is 5.60 Å². The lowest BCUT2D eigenvalue weighted by atomic mass is 9.80. The van der Waals surface area contributed by atoms with E-state index in [0.29, 0.717) is 5.69 Å². The Kier molecular flexibility index (Phi) is 5.16. The predicted molar refractivity (Wildman–Crippen MR) is 88.9 cm³/mol. The van der Waals surface area contributed by atoms with Crippen LogP contribution < -0.4 is 4.90 Å². The van der Waals surface area contributed by atoms with Crippen LogP contribution in [0.5, 0.6) is 0 Å². The Balaban J connectivity index is 2.73. The first kappa shape index (κ1) is 19.7. The Morgan fingerprint density at radius 1 is 0.880 bits per heavy atom. The number of benzene rings is 2. The summed E-state index contributed by atoms with van der Waals surface area (Å²) in [5.41, 5.74) is -4.10. The standard InChI is InChI=1S/C17H15BrF5NO/c1-24(2)14-8-6-11(7-9-14)15(25,16(19,20)17(21,22)23)12-4-3-5-13(18)10-12/h3-10,25H,1-2H3. The van der Waals surface area contributed by atoms with Crippen molar-refractivity contribution >= 4 is 21.6 Å². The average Bonchev–Trinajstić information content (AvgIpc) is 2.53. The van der Waals surface area contributed by atoms with E-state index < -0.39 is 28.8 Å². The number of halogens is 6. The van der Waals surface area contributed by atoms with E-state index in [-0.39, 0.29) is 4.47 Å². The van der Waals surface area contributed by atoms with Crippen LogP contribution in [0, 0.1) is 0 Å². The van der Waals surface area contributed by atoms with E-state index in [2.05, 4.69) is 15.9 Å². The van der Waals surface area contributed by atoms with Crippen LogP contribution in [0.4, 0.5) is 27.6 Å². The highest BCUT2D eigenvalue weighted by molar-refractivity contribution is 9.10. The maximum Gasteiger partial charge on any atom is 0.457 e. The summed E-state index contributed by atoms with van der Waals surface area (Å²) in [7, 11) is 3.39. The van der Waals surface area contributed by atoms with Gasteiger partial charge in [0.2, 0.25) is 0 Å². The second-order valence-corrected chi connectivity index (χ2v) is 6.65. The minimum Gasteiger partial charge on any atom is -0.378 e. The van der Waals surface area contributed by atoms with Crippen molar-refractivity contribution in [3.05, 3.63) is 64.1 Å². The highest BCUT2D eigenvalue weighted by atomic mass is 79.9. The fraction of sp³-hybridized carbons (Fsp3) is 0.294. The highest BCUT2D eigenvalue weighted by Crippen LogP contribution is 2.52. The van der Waals surface area contributed by atoms with Crippen LogP contribution in [0.1, 0.15) is 11.1 Å². The molecule has 0 radical (unpaired) electrons. The first-order valence-electron chi connectivity index (χ1n) is 7.12. The molecule has 0 aliphatic carbocycles. The lowest BCUT2D eigenvalue weighted by molar-refractivity contribution is -0.336. The van der Waals surface area contributed by atoms with Crippen molar-refractivity contribution in [2.24, 2.45) is 0 Å². The first-order chi connectivity index (χ1) is 11.4. The van der Waals surface area contributed by atoms with Crippen LogP contribution in [0.25, 0.3) is 0 Å². The van der Waals surface area contributed by atoms with Crippen molar-refractivity contribution < 1.29 is 27.1 Å². The zero-order valence-electron chi connectivity index (χ0n) is 13.3. The number of rotatable bonds is 4. The van der Waals surface area contributed by atoms with Crippen molar-refractivity contribution in [2.75, 3.05) is 19.0 Å². The molecule has 0 saturated heterocycles. The van der Waals surface area contributed by atoms with Gasteiger partial charge >= 0.3 is 12.1 Å². The predicted octanol–water partition coefficient (Wildman–Crippen LogP) is 4.95. The number of hydrogen-bond donors (Lipinski definition) is 1. The molecule has 0 heterocycles. The summed E-state index contributed by atoms with van der Waals surface area (Å²) in [6.45, 7) is 0. The molecule has 8 heteroatoms. The van der Waals surface area contributed by atoms with Crippen molar-refractivity contribution in [3.8, 4) is 0 Å². The van der Waals surface area contributed by atoms with E-state index >= 15 is 0 Å². The highest BCUT2D eigenvalue weighted by Gasteiger charge is 2.71. The van der Waals surface area contributed by atoms with E-state index in [1.807, 2.05) is 0 Å². The monoisotopic (exact) mass is 423 g/mol. The number of anilines is 1. The molecule has 0 aliphatic rings. The maximum absolute atomic E-state index is 14.3. The third kappa shape index (κ3) is 3.37. The van der Waals surface area contributed by atoms with Crippen LogP contribution in [0.2, 0.25) is 0 Å². The number of nitrogens with zero attached hydrogens (tertiary/aromatic N) is 1. The van der Waals surface area contributed by atoms with E-state index in [9.17, 15) is 27.1 Å². The van der Waals surface area contributed by atoms with E-state index in [0.717, 1.165) is 24.3 Å². The summed E-state index contributed by atoms with van der Waals surface area (Å²) in [5.74, 6) is -5.40. The van der Waals surface area contributed by atoms with Crippen LogP contribution in [-0.4, -0.2) is 31.3 Å². The normalized spacial score (nSPS) is 14.9. The van der Waals surface area contributed by atoms with Crippen LogP contribution in [0.3, 0.4) is 0 Å². The van der Waals surface area contributed by atoms with Gasteiger partial charge < -0.3 is 10.0 Å². The van der Waals surface area contributed by atoms with Gasteiger partial charge in [-0.1, -0.05) is 40.2 Å². The zero-order chi connectivity index (χ0) is 19.0. The second-order valence-electron chi connectivity index (χ2n) is 5.73.